The summed E-state index contributed by atoms with van der Waals surface area (Å²) in [5.41, 5.74) is 1.69. The largest absolute Gasteiger partial charge is 0.238 e. The molecule has 0 fully saturated rings. The molecule has 0 spiro atoms. The summed E-state index contributed by atoms with van der Waals surface area (Å²) in [5.74, 6) is 0.606. The molecule has 0 N–H and O–H groups in total. The van der Waals surface area contributed by atoms with Crippen molar-refractivity contribution in [2.75, 3.05) is 0 Å². The van der Waals surface area contributed by atoms with Crippen LogP contribution in [0.4, 0.5) is 0 Å². The molecule has 6 heteroatoms. The van der Waals surface area contributed by atoms with E-state index in [0.29, 0.717) is 11.0 Å². The number of aryl methyl sites for hydroxylation is 1. The van der Waals surface area contributed by atoms with E-state index in [2.05, 4.69) is 58.3 Å². The summed E-state index contributed by atoms with van der Waals surface area (Å²) in [4.78, 5) is 13.4. The number of hydrogen-bond acceptors (Lipinski definition) is 4. The molecule has 0 amide bonds. The normalized spacial score (nSPS) is 11.9. The lowest BCUT2D eigenvalue weighted by molar-refractivity contribution is 0.563. The van der Waals surface area contributed by atoms with Crippen LogP contribution in [0.1, 0.15) is 31.5 Å². The van der Waals surface area contributed by atoms with Crippen LogP contribution < -0.4 is 0 Å². The molecule has 0 aromatic carbocycles. The second-order valence-corrected chi connectivity index (χ2v) is 7.50. The maximum Gasteiger partial charge on any atom is 0.180 e. The summed E-state index contributed by atoms with van der Waals surface area (Å²) in [6, 6.07) is 0. The van der Waals surface area contributed by atoms with Gasteiger partial charge in [-0.2, -0.15) is 0 Å². The first-order valence-corrected chi connectivity index (χ1v) is 7.78. The van der Waals surface area contributed by atoms with E-state index >= 15 is 0 Å². The van der Waals surface area contributed by atoms with Crippen LogP contribution in [0.25, 0.3) is 11.5 Å². The fraction of sp³-hybridized carbons (Fsp3) is 0.417. The molecule has 2 rings (SSSR count). The third kappa shape index (κ3) is 2.83. The van der Waals surface area contributed by atoms with Gasteiger partial charge >= 0.3 is 0 Å². The van der Waals surface area contributed by atoms with Crippen molar-refractivity contribution in [3.63, 3.8) is 0 Å². The lowest BCUT2D eigenvalue weighted by Gasteiger charge is -2.20. The Morgan fingerprint density at radius 1 is 1.22 bits per heavy atom. The molecule has 0 bridgehead atoms. The van der Waals surface area contributed by atoms with Gasteiger partial charge in [0.25, 0.3) is 0 Å². The summed E-state index contributed by atoms with van der Waals surface area (Å²) < 4.78 is 0.914. The topological polar surface area (TPSA) is 38.7 Å². The van der Waals surface area contributed by atoms with Crippen LogP contribution >= 0.6 is 45.5 Å². The first-order valence-electron chi connectivity index (χ1n) is 5.45. The Kier molecular flexibility index (Phi) is 3.94. The average Bonchev–Trinajstić information content (AvgIpc) is 2.67. The zero-order valence-electron chi connectivity index (χ0n) is 10.6. The van der Waals surface area contributed by atoms with E-state index in [9.17, 15) is 0 Å². The highest BCUT2D eigenvalue weighted by Gasteiger charge is 2.23. The fourth-order valence-corrected chi connectivity index (χ4v) is 3.31. The predicted molar refractivity (Wildman–Crippen MR) is 84.3 cm³/mol. The summed E-state index contributed by atoms with van der Waals surface area (Å²) in [7, 11) is 0. The van der Waals surface area contributed by atoms with Crippen molar-refractivity contribution < 1.29 is 0 Å². The van der Waals surface area contributed by atoms with Gasteiger partial charge in [0.15, 0.2) is 5.82 Å². The van der Waals surface area contributed by atoms with E-state index in [1.807, 2.05) is 12.3 Å². The van der Waals surface area contributed by atoms with Gasteiger partial charge in [-0.1, -0.05) is 32.4 Å². The molecule has 0 aliphatic carbocycles. The maximum atomic E-state index is 6.20. The van der Waals surface area contributed by atoms with Gasteiger partial charge in [0.1, 0.15) is 10.8 Å². The number of nitrogens with zero attached hydrogens (tertiary/aromatic N) is 3. The van der Waals surface area contributed by atoms with Crippen LogP contribution in [-0.2, 0) is 5.41 Å². The Bertz CT molecular complexity index is 589. The number of hydrogen-bond donors (Lipinski definition) is 0. The molecule has 0 aliphatic rings. The Morgan fingerprint density at radius 2 is 1.89 bits per heavy atom. The van der Waals surface area contributed by atoms with Gasteiger partial charge in [0, 0.05) is 10.8 Å². The molecule has 0 radical (unpaired) electrons. The van der Waals surface area contributed by atoms with E-state index in [-0.39, 0.29) is 5.41 Å². The third-order valence-electron chi connectivity index (χ3n) is 2.37. The van der Waals surface area contributed by atoms with Crippen molar-refractivity contribution in [3.05, 3.63) is 24.8 Å². The first kappa shape index (κ1) is 14.1. The van der Waals surface area contributed by atoms with Gasteiger partial charge in [-0.15, -0.1) is 11.3 Å². The predicted octanol–water partition coefficient (Wildman–Crippen LogP) is 4.46. The van der Waals surface area contributed by atoms with Crippen LogP contribution in [0, 0.1) is 10.5 Å². The molecular weight excluding hydrogens is 381 g/mol. The van der Waals surface area contributed by atoms with Crippen molar-refractivity contribution in [1.82, 2.24) is 15.0 Å². The molecule has 0 atom stereocenters. The van der Waals surface area contributed by atoms with Crippen molar-refractivity contribution in [3.8, 4) is 11.5 Å². The highest BCUT2D eigenvalue weighted by Crippen LogP contribution is 2.31. The molecule has 0 aliphatic heterocycles. The second kappa shape index (κ2) is 5.02. The second-order valence-electron chi connectivity index (χ2n) is 5.00. The fourth-order valence-electron chi connectivity index (χ4n) is 1.50. The van der Waals surface area contributed by atoms with Crippen LogP contribution in [0.2, 0.25) is 5.15 Å². The number of thiazole rings is 1. The van der Waals surface area contributed by atoms with E-state index in [1.165, 1.54) is 0 Å². The molecule has 0 saturated heterocycles. The quantitative estimate of drug-likeness (QED) is 0.530. The molecule has 3 nitrogen and oxygen atoms in total. The molecule has 2 aromatic rings. The lowest BCUT2D eigenvalue weighted by Crippen LogP contribution is -2.17. The highest BCUT2D eigenvalue weighted by atomic mass is 127. The van der Waals surface area contributed by atoms with E-state index < -0.39 is 0 Å². The summed E-state index contributed by atoms with van der Waals surface area (Å²) in [6.45, 7) is 8.31. The Hall–Kier alpha value is -0.270. The molecule has 0 unspecified atom stereocenters. The summed E-state index contributed by atoms with van der Waals surface area (Å²) in [6.07, 6.45) is 0. The van der Waals surface area contributed by atoms with Gasteiger partial charge in [0.2, 0.25) is 0 Å². The minimum atomic E-state index is -0.0665. The standard InChI is InChI=1S/C12H13ClIN3S/c1-6-15-7(5-18-6)11-16-9(12(2,3)4)8(14)10(13)17-11/h5H,1-4H3. The van der Waals surface area contributed by atoms with Crippen molar-refractivity contribution in [2.24, 2.45) is 0 Å². The number of rotatable bonds is 1. The lowest BCUT2D eigenvalue weighted by atomic mass is 9.92. The number of halogens is 2. The van der Waals surface area contributed by atoms with Gasteiger partial charge in [-0.3, -0.25) is 0 Å². The first-order chi connectivity index (χ1) is 8.29. The molecule has 96 valence electrons. The van der Waals surface area contributed by atoms with Crippen LogP contribution in [0.3, 0.4) is 0 Å². The Balaban J connectivity index is 2.61. The summed E-state index contributed by atoms with van der Waals surface area (Å²) >= 11 is 9.98. The Labute approximate surface area is 129 Å². The van der Waals surface area contributed by atoms with Gasteiger partial charge < -0.3 is 0 Å². The monoisotopic (exact) mass is 393 g/mol. The van der Waals surface area contributed by atoms with Crippen molar-refractivity contribution >= 4 is 45.5 Å². The average molecular weight is 394 g/mol. The summed E-state index contributed by atoms with van der Waals surface area (Å²) in [5, 5.41) is 3.46. The van der Waals surface area contributed by atoms with Crippen LogP contribution in [0.5, 0.6) is 0 Å². The van der Waals surface area contributed by atoms with Crippen LogP contribution in [0.15, 0.2) is 5.38 Å². The minimum absolute atomic E-state index is 0.0665. The maximum absolute atomic E-state index is 6.20. The smallest absolute Gasteiger partial charge is 0.180 e. The molecule has 0 saturated carbocycles. The molecule has 18 heavy (non-hydrogen) atoms. The number of aromatic nitrogens is 3. The van der Waals surface area contributed by atoms with Gasteiger partial charge in [-0.05, 0) is 29.5 Å². The molecule has 2 aromatic heterocycles. The Morgan fingerprint density at radius 3 is 2.39 bits per heavy atom. The highest BCUT2D eigenvalue weighted by molar-refractivity contribution is 14.1. The molecular formula is C12H13ClIN3S. The third-order valence-corrected chi connectivity index (χ3v) is 4.76. The SMILES string of the molecule is Cc1nc(-c2nc(Cl)c(I)c(C(C)(C)C)n2)cs1. The van der Waals surface area contributed by atoms with Gasteiger partial charge in [-0.25, -0.2) is 15.0 Å². The van der Waals surface area contributed by atoms with Gasteiger partial charge in [0.05, 0.1) is 14.3 Å². The van der Waals surface area contributed by atoms with Crippen molar-refractivity contribution in [2.45, 2.75) is 33.1 Å². The molecule has 2 heterocycles. The minimum Gasteiger partial charge on any atom is -0.238 e. The zero-order chi connectivity index (χ0) is 13.5. The van der Waals surface area contributed by atoms with E-state index in [1.54, 1.807) is 11.3 Å². The zero-order valence-corrected chi connectivity index (χ0v) is 14.3. The van der Waals surface area contributed by atoms with E-state index in [0.717, 1.165) is 20.0 Å². The van der Waals surface area contributed by atoms with E-state index in [4.69, 9.17) is 11.6 Å². The van der Waals surface area contributed by atoms with Crippen LogP contribution in [-0.4, -0.2) is 15.0 Å². The van der Waals surface area contributed by atoms with Crippen molar-refractivity contribution in [1.29, 1.82) is 0 Å².